The number of pyridine rings is 1. The van der Waals surface area contributed by atoms with Gasteiger partial charge in [-0.3, -0.25) is 14.9 Å². The molecule has 0 aliphatic carbocycles. The number of aryl methyl sites for hydroxylation is 1. The van der Waals surface area contributed by atoms with Gasteiger partial charge in [-0.2, -0.15) is 0 Å². The monoisotopic (exact) mass is 383 g/mol. The number of methoxy groups -OCH3 is 1. The van der Waals surface area contributed by atoms with Crippen molar-refractivity contribution in [2.75, 3.05) is 12.4 Å². The van der Waals surface area contributed by atoms with Gasteiger partial charge >= 0.3 is 5.97 Å². The highest BCUT2D eigenvalue weighted by Crippen LogP contribution is 2.43. The van der Waals surface area contributed by atoms with Crippen molar-refractivity contribution in [2.24, 2.45) is 0 Å². The first-order valence-corrected chi connectivity index (χ1v) is 8.93. The number of rotatable bonds is 5. The normalized spacial score (nSPS) is 15.6. The Balaban J connectivity index is 2.37. The molecule has 2 heterocycles. The molecule has 0 bridgehead atoms. The van der Waals surface area contributed by atoms with E-state index in [1.165, 1.54) is 13.2 Å². The Morgan fingerprint density at radius 2 is 2.04 bits per heavy atom. The number of nitro groups is 1. The number of hydrogen-bond acceptors (Lipinski definition) is 6. The highest BCUT2D eigenvalue weighted by molar-refractivity contribution is 5.95. The van der Waals surface area contributed by atoms with E-state index in [9.17, 15) is 19.7 Å². The van der Waals surface area contributed by atoms with Crippen molar-refractivity contribution in [1.82, 2.24) is 4.57 Å². The molecule has 0 saturated carbocycles. The Kier molecular flexibility index (Phi) is 5.30. The first-order chi connectivity index (χ1) is 13.4. The van der Waals surface area contributed by atoms with Crippen LogP contribution in [0.5, 0.6) is 0 Å². The lowest BCUT2D eigenvalue weighted by Crippen LogP contribution is -2.33. The van der Waals surface area contributed by atoms with Gasteiger partial charge in [-0.15, -0.1) is 0 Å². The smallest absolute Gasteiger partial charge is 0.336 e. The molecule has 8 heteroatoms. The maximum absolute atomic E-state index is 13.2. The largest absolute Gasteiger partial charge is 0.466 e. The summed E-state index contributed by atoms with van der Waals surface area (Å²) in [6, 6.07) is 7.91. The van der Waals surface area contributed by atoms with Gasteiger partial charge in [0.2, 0.25) is 0 Å². The van der Waals surface area contributed by atoms with Crippen LogP contribution >= 0.6 is 0 Å². The van der Waals surface area contributed by atoms with E-state index in [0.717, 1.165) is 6.42 Å². The molecule has 0 amide bonds. The zero-order chi connectivity index (χ0) is 20.4. The molecule has 1 aromatic carbocycles. The average molecular weight is 383 g/mol. The second-order valence-corrected chi connectivity index (χ2v) is 6.55. The van der Waals surface area contributed by atoms with Crippen LogP contribution in [0.2, 0.25) is 0 Å². The zero-order valence-electron chi connectivity index (χ0n) is 15.9. The van der Waals surface area contributed by atoms with Gasteiger partial charge in [0.25, 0.3) is 11.2 Å². The number of anilines is 1. The lowest BCUT2D eigenvalue weighted by Gasteiger charge is -2.29. The van der Waals surface area contributed by atoms with Gasteiger partial charge in [-0.1, -0.05) is 25.1 Å². The highest BCUT2D eigenvalue weighted by Gasteiger charge is 2.38. The standard InChI is InChI=1S/C20H21N3O5/c1-4-10-22-11-9-14-18(19(22)24)17(16(12(2)21-14)20(25)28-3)13-7-5-6-8-15(13)23(26)27/h5-9,11,17,21H,4,10H2,1-3H3. The summed E-state index contributed by atoms with van der Waals surface area (Å²) in [5.74, 6) is -1.54. The summed E-state index contributed by atoms with van der Waals surface area (Å²) in [7, 11) is 1.24. The molecule has 1 aromatic heterocycles. The van der Waals surface area contributed by atoms with Crippen LogP contribution in [0.25, 0.3) is 0 Å². The molecule has 2 aromatic rings. The fraction of sp³-hybridized carbons (Fsp3) is 0.300. The van der Waals surface area contributed by atoms with Gasteiger partial charge in [0.05, 0.1) is 29.1 Å². The number of benzene rings is 1. The van der Waals surface area contributed by atoms with Crippen molar-refractivity contribution in [1.29, 1.82) is 0 Å². The topological polar surface area (TPSA) is 103 Å². The zero-order valence-corrected chi connectivity index (χ0v) is 15.9. The van der Waals surface area contributed by atoms with Gasteiger partial charge in [0.1, 0.15) is 0 Å². The Bertz CT molecular complexity index is 1040. The maximum Gasteiger partial charge on any atom is 0.336 e. The van der Waals surface area contributed by atoms with Crippen molar-refractivity contribution >= 4 is 17.3 Å². The van der Waals surface area contributed by atoms with Crippen LogP contribution in [0.4, 0.5) is 11.4 Å². The Labute approximate surface area is 161 Å². The molecule has 0 fully saturated rings. The minimum absolute atomic E-state index is 0.153. The van der Waals surface area contributed by atoms with Gasteiger partial charge in [-0.05, 0) is 19.4 Å². The first-order valence-electron chi connectivity index (χ1n) is 8.93. The number of nitrogens with one attached hydrogen (secondary N) is 1. The molecular weight excluding hydrogens is 362 g/mol. The molecule has 1 unspecified atom stereocenters. The number of fused-ring (bicyclic) bond motifs is 1. The third-order valence-electron chi connectivity index (χ3n) is 4.82. The summed E-state index contributed by atoms with van der Waals surface area (Å²) in [5.41, 5.74) is 1.36. The number of carbonyl (C=O) groups excluding carboxylic acids is 1. The van der Waals surface area contributed by atoms with Gasteiger partial charge in [0.15, 0.2) is 0 Å². The summed E-state index contributed by atoms with van der Waals surface area (Å²) in [6.45, 7) is 4.15. The summed E-state index contributed by atoms with van der Waals surface area (Å²) in [4.78, 5) is 36.9. The van der Waals surface area contributed by atoms with E-state index in [0.29, 0.717) is 23.5 Å². The van der Waals surface area contributed by atoms with Crippen LogP contribution in [0, 0.1) is 10.1 Å². The molecule has 1 aliphatic rings. The lowest BCUT2D eigenvalue weighted by atomic mass is 9.80. The lowest BCUT2D eigenvalue weighted by molar-refractivity contribution is -0.385. The number of esters is 1. The van der Waals surface area contributed by atoms with Gasteiger partial charge in [-0.25, -0.2) is 4.79 Å². The van der Waals surface area contributed by atoms with Crippen LogP contribution < -0.4 is 10.9 Å². The number of nitrogens with zero attached hydrogens (tertiary/aromatic N) is 2. The molecule has 1 N–H and O–H groups in total. The fourth-order valence-corrected chi connectivity index (χ4v) is 3.62. The van der Waals surface area contributed by atoms with Crippen molar-refractivity contribution in [3.8, 4) is 0 Å². The minimum atomic E-state index is -0.901. The Morgan fingerprint density at radius 1 is 1.32 bits per heavy atom. The number of allylic oxidation sites excluding steroid dienone is 1. The van der Waals surface area contributed by atoms with Crippen molar-refractivity contribution < 1.29 is 14.5 Å². The van der Waals surface area contributed by atoms with Gasteiger partial charge in [0, 0.05) is 35.8 Å². The van der Waals surface area contributed by atoms with E-state index in [-0.39, 0.29) is 22.4 Å². The van der Waals surface area contributed by atoms with Crippen LogP contribution in [0.3, 0.4) is 0 Å². The highest BCUT2D eigenvalue weighted by atomic mass is 16.6. The second kappa shape index (κ2) is 7.67. The minimum Gasteiger partial charge on any atom is -0.466 e. The molecule has 3 rings (SSSR count). The summed E-state index contributed by atoms with van der Waals surface area (Å²) < 4.78 is 6.48. The number of aromatic nitrogens is 1. The molecule has 1 aliphatic heterocycles. The SMILES string of the molecule is CCCn1ccc2c(c1=O)C(c1ccccc1[N+](=O)[O-])C(C(=O)OC)=C(C)N2. The number of ether oxygens (including phenoxy) is 1. The van der Waals surface area contributed by atoms with E-state index in [1.807, 2.05) is 6.92 Å². The van der Waals surface area contributed by atoms with Crippen LogP contribution in [-0.4, -0.2) is 22.6 Å². The van der Waals surface area contributed by atoms with Crippen LogP contribution in [-0.2, 0) is 16.1 Å². The molecule has 0 radical (unpaired) electrons. The number of carbonyl (C=O) groups is 1. The van der Waals surface area contributed by atoms with Crippen molar-refractivity contribution in [3.63, 3.8) is 0 Å². The van der Waals surface area contributed by atoms with E-state index in [1.54, 1.807) is 42.0 Å². The number of para-hydroxylation sites is 1. The summed E-state index contributed by atoms with van der Waals surface area (Å²) >= 11 is 0. The van der Waals surface area contributed by atoms with E-state index < -0.39 is 16.8 Å². The molecule has 8 nitrogen and oxygen atoms in total. The number of nitro benzene ring substituents is 1. The molecule has 1 atom stereocenters. The number of hydrogen-bond donors (Lipinski definition) is 1. The summed E-state index contributed by atoms with van der Waals surface area (Å²) in [5, 5.41) is 14.7. The van der Waals surface area contributed by atoms with E-state index >= 15 is 0 Å². The van der Waals surface area contributed by atoms with Crippen LogP contribution in [0.15, 0.2) is 52.6 Å². The van der Waals surface area contributed by atoms with E-state index in [4.69, 9.17) is 4.74 Å². The third-order valence-corrected chi connectivity index (χ3v) is 4.82. The quantitative estimate of drug-likeness (QED) is 0.483. The molecule has 28 heavy (non-hydrogen) atoms. The predicted molar refractivity (Wildman–Crippen MR) is 104 cm³/mol. The molecule has 0 saturated heterocycles. The predicted octanol–water partition coefficient (Wildman–Crippen LogP) is 3.17. The average Bonchev–Trinajstić information content (AvgIpc) is 2.68. The second-order valence-electron chi connectivity index (χ2n) is 6.55. The fourth-order valence-electron chi connectivity index (χ4n) is 3.62. The Hall–Kier alpha value is -3.42. The summed E-state index contributed by atoms with van der Waals surface area (Å²) in [6.07, 6.45) is 2.44. The van der Waals surface area contributed by atoms with Crippen LogP contribution in [0.1, 0.15) is 37.3 Å². The Morgan fingerprint density at radius 3 is 2.68 bits per heavy atom. The third kappa shape index (κ3) is 3.17. The maximum atomic E-state index is 13.2. The first kappa shape index (κ1) is 19.3. The molecule has 0 spiro atoms. The van der Waals surface area contributed by atoms with E-state index in [2.05, 4.69) is 5.32 Å². The van der Waals surface area contributed by atoms with Crippen molar-refractivity contribution in [2.45, 2.75) is 32.7 Å². The van der Waals surface area contributed by atoms with Gasteiger partial charge < -0.3 is 14.6 Å². The molecule has 146 valence electrons. The molecular formula is C20H21N3O5. The van der Waals surface area contributed by atoms with Crippen molar-refractivity contribution in [3.05, 3.63) is 79.4 Å².